The van der Waals surface area contributed by atoms with Gasteiger partial charge in [0.15, 0.2) is 5.15 Å². The van der Waals surface area contributed by atoms with Gasteiger partial charge in [0.1, 0.15) is 17.3 Å². The second-order valence-corrected chi connectivity index (χ2v) is 11.5. The summed E-state index contributed by atoms with van der Waals surface area (Å²) in [5, 5.41) is 11.9. The number of fused-ring (bicyclic) bond motifs is 4. The summed E-state index contributed by atoms with van der Waals surface area (Å²) in [6.45, 7) is 4.00. The Bertz CT molecular complexity index is 1980. The van der Waals surface area contributed by atoms with Crippen LogP contribution < -0.4 is 10.9 Å². The Balaban J connectivity index is 1.19. The number of nitrogens with zero attached hydrogens (tertiary/aromatic N) is 6. The molecule has 8 rings (SSSR count). The van der Waals surface area contributed by atoms with Gasteiger partial charge in [-0.1, -0.05) is 41.1 Å². The Morgan fingerprint density at radius 2 is 1.95 bits per heavy atom. The van der Waals surface area contributed by atoms with Crippen LogP contribution in [0, 0.1) is 11.9 Å². The molecule has 41 heavy (non-hydrogen) atoms. The zero-order valence-electron chi connectivity index (χ0n) is 21.4. The molecule has 3 atom stereocenters. The fraction of sp³-hybridized carbons (Fsp3) is 0.207. The third-order valence-corrected chi connectivity index (χ3v) is 8.53. The lowest BCUT2D eigenvalue weighted by molar-refractivity contribution is 0.500. The topological polar surface area (TPSA) is 106 Å². The van der Waals surface area contributed by atoms with Crippen LogP contribution >= 0.6 is 23.2 Å². The first-order valence-electron chi connectivity index (χ1n) is 13.2. The number of hydrogen-bond acceptors (Lipinski definition) is 6. The van der Waals surface area contributed by atoms with Crippen LogP contribution in [0.3, 0.4) is 0 Å². The second-order valence-electron chi connectivity index (χ2n) is 10.7. The van der Waals surface area contributed by atoms with E-state index in [1.807, 2.05) is 18.2 Å². The first-order valence-corrected chi connectivity index (χ1v) is 13.9. The molecule has 0 amide bonds. The highest BCUT2D eigenvalue weighted by Crippen LogP contribution is 2.60. The molecule has 204 valence electrons. The molecule has 0 radical (unpaired) electrons. The van der Waals surface area contributed by atoms with Crippen molar-refractivity contribution in [3.8, 4) is 28.2 Å². The molecular formula is C29H21Cl2FN8O. The zero-order chi connectivity index (χ0) is 28.0. The first-order chi connectivity index (χ1) is 19.8. The number of aryl methyl sites for hydroxylation is 1. The van der Waals surface area contributed by atoms with E-state index in [9.17, 15) is 4.79 Å². The van der Waals surface area contributed by atoms with Crippen molar-refractivity contribution in [3.63, 3.8) is 0 Å². The van der Waals surface area contributed by atoms with Gasteiger partial charge in [0.25, 0.3) is 5.56 Å². The number of allylic oxidation sites excluding steroid dienone is 1. The van der Waals surface area contributed by atoms with E-state index >= 15 is 4.39 Å². The molecule has 9 nitrogen and oxygen atoms in total. The molecule has 3 aliphatic rings. The largest absolute Gasteiger partial charge is 0.359 e. The van der Waals surface area contributed by atoms with Gasteiger partial charge < -0.3 is 10.3 Å². The normalized spacial score (nSPS) is 20.4. The van der Waals surface area contributed by atoms with Crippen LogP contribution in [-0.4, -0.2) is 34.5 Å². The van der Waals surface area contributed by atoms with Crippen LogP contribution in [0.25, 0.3) is 28.2 Å². The van der Waals surface area contributed by atoms with Crippen molar-refractivity contribution >= 4 is 28.9 Å². The van der Waals surface area contributed by atoms with Gasteiger partial charge in [-0.3, -0.25) is 9.36 Å². The Morgan fingerprint density at radius 1 is 1.07 bits per heavy atom. The summed E-state index contributed by atoms with van der Waals surface area (Å²) >= 11 is 12.3. The number of aromatic amines is 1. The standard InChI is InChI=1S/C29H21Cl2FN8O/c1-13-2-3-14-8-15(4-6-20(14)33-13)25-27(32)36-28(35-25)26-17-10-18(17)29-34-21(11-24(41)40(26)29)19-9-16(30)5-7-22(19)39-12-23(31)37-38-39/h4-9,11-12,17-18,26,33H,1-3,10H2,(H,35,36). The van der Waals surface area contributed by atoms with Crippen molar-refractivity contribution < 1.29 is 4.39 Å². The number of hydrogen-bond donors (Lipinski definition) is 2. The third kappa shape index (κ3) is 3.93. The number of rotatable bonds is 4. The molecule has 2 N–H and O–H groups in total. The number of anilines is 1. The van der Waals surface area contributed by atoms with E-state index in [-0.39, 0.29) is 28.2 Å². The quantitative estimate of drug-likeness (QED) is 0.271. The summed E-state index contributed by atoms with van der Waals surface area (Å²) in [5.41, 5.74) is 5.44. The average molecular weight is 587 g/mol. The molecule has 12 heteroatoms. The van der Waals surface area contributed by atoms with Crippen LogP contribution in [0.4, 0.5) is 10.1 Å². The molecule has 0 spiro atoms. The number of benzene rings is 2. The molecule has 1 fully saturated rings. The van der Waals surface area contributed by atoms with Crippen LogP contribution in [0.15, 0.2) is 65.7 Å². The molecule has 5 aromatic rings. The van der Waals surface area contributed by atoms with Crippen molar-refractivity contribution in [2.75, 3.05) is 5.32 Å². The van der Waals surface area contributed by atoms with Crippen molar-refractivity contribution in [1.29, 1.82) is 0 Å². The summed E-state index contributed by atoms with van der Waals surface area (Å²) in [6.07, 6.45) is 4.07. The SMILES string of the molecule is C=C1CCc2cc(-c3nc(C4C5CC5c5nc(-c6cc(Cl)ccc6-n6cc(Cl)nn6)cc(=O)n54)[nH]c3F)ccc2N1. The van der Waals surface area contributed by atoms with Gasteiger partial charge in [0, 0.05) is 39.5 Å². The van der Waals surface area contributed by atoms with E-state index in [4.69, 9.17) is 28.2 Å². The van der Waals surface area contributed by atoms with Gasteiger partial charge in [-0.15, -0.1) is 5.10 Å². The predicted molar refractivity (Wildman–Crippen MR) is 153 cm³/mol. The third-order valence-electron chi connectivity index (χ3n) is 8.13. The van der Waals surface area contributed by atoms with Gasteiger partial charge in [-0.05, 0) is 61.1 Å². The number of imidazole rings is 1. The Hall–Kier alpha value is -4.28. The second kappa shape index (κ2) is 8.86. The maximum atomic E-state index is 15.3. The lowest BCUT2D eigenvalue weighted by Crippen LogP contribution is -2.27. The van der Waals surface area contributed by atoms with E-state index in [1.54, 1.807) is 29.0 Å². The molecule has 5 heterocycles. The van der Waals surface area contributed by atoms with E-state index in [2.05, 4.69) is 32.2 Å². The van der Waals surface area contributed by atoms with E-state index in [0.29, 0.717) is 39.2 Å². The van der Waals surface area contributed by atoms with Crippen molar-refractivity contribution in [1.82, 2.24) is 34.5 Å². The minimum atomic E-state index is -0.522. The van der Waals surface area contributed by atoms with Crippen molar-refractivity contribution in [3.05, 3.63) is 105 Å². The number of H-pyrrole nitrogens is 1. The Labute approximate surface area is 242 Å². The van der Waals surface area contributed by atoms with E-state index in [0.717, 1.165) is 36.2 Å². The monoisotopic (exact) mass is 586 g/mol. The van der Waals surface area contributed by atoms with Gasteiger partial charge >= 0.3 is 0 Å². The molecule has 0 bridgehead atoms. The summed E-state index contributed by atoms with van der Waals surface area (Å²) in [7, 11) is 0. The summed E-state index contributed by atoms with van der Waals surface area (Å²) < 4.78 is 18.5. The Kier molecular flexibility index (Phi) is 5.30. The van der Waals surface area contributed by atoms with Crippen LogP contribution in [0.2, 0.25) is 10.2 Å². The maximum absolute atomic E-state index is 15.3. The van der Waals surface area contributed by atoms with Crippen LogP contribution in [-0.2, 0) is 6.42 Å². The fourth-order valence-corrected chi connectivity index (χ4v) is 6.45. The molecular weight excluding hydrogens is 566 g/mol. The molecule has 2 aromatic carbocycles. The highest BCUT2D eigenvalue weighted by molar-refractivity contribution is 6.31. The maximum Gasteiger partial charge on any atom is 0.254 e. The van der Waals surface area contributed by atoms with Crippen LogP contribution in [0.1, 0.15) is 42.0 Å². The van der Waals surface area contributed by atoms with Gasteiger partial charge in [-0.25, -0.2) is 14.6 Å². The smallest absolute Gasteiger partial charge is 0.254 e. The van der Waals surface area contributed by atoms with Gasteiger partial charge in [0.2, 0.25) is 5.95 Å². The minimum Gasteiger partial charge on any atom is -0.359 e. The molecule has 3 aromatic heterocycles. The molecule has 3 unspecified atom stereocenters. The van der Waals surface area contributed by atoms with E-state index in [1.165, 1.54) is 10.7 Å². The average Bonchev–Trinajstić information content (AvgIpc) is 3.27. The molecule has 1 aliphatic carbocycles. The van der Waals surface area contributed by atoms with Gasteiger partial charge in [-0.2, -0.15) is 4.39 Å². The fourth-order valence-electron chi connectivity index (χ4n) is 6.15. The molecule has 1 saturated carbocycles. The zero-order valence-corrected chi connectivity index (χ0v) is 22.9. The lowest BCUT2D eigenvalue weighted by Gasteiger charge is -2.20. The molecule has 2 aliphatic heterocycles. The summed E-state index contributed by atoms with van der Waals surface area (Å²) in [6, 6.07) is 12.0. The summed E-state index contributed by atoms with van der Waals surface area (Å²) in [4.78, 5) is 26.1. The van der Waals surface area contributed by atoms with Crippen LogP contribution in [0.5, 0.6) is 0 Å². The summed E-state index contributed by atoms with van der Waals surface area (Å²) in [5.74, 6) is 0.742. The lowest BCUT2D eigenvalue weighted by atomic mass is 9.98. The number of halogens is 3. The van der Waals surface area contributed by atoms with Crippen molar-refractivity contribution in [2.24, 2.45) is 5.92 Å². The molecule has 0 saturated heterocycles. The highest BCUT2D eigenvalue weighted by Gasteiger charge is 2.55. The number of aromatic nitrogens is 7. The van der Waals surface area contributed by atoms with Crippen molar-refractivity contribution in [2.45, 2.75) is 31.2 Å². The first kappa shape index (κ1) is 24.5. The Morgan fingerprint density at radius 3 is 2.78 bits per heavy atom. The van der Waals surface area contributed by atoms with E-state index < -0.39 is 12.0 Å². The highest BCUT2D eigenvalue weighted by atomic mass is 35.5. The minimum absolute atomic E-state index is 0.0793. The predicted octanol–water partition coefficient (Wildman–Crippen LogP) is 5.91. The van der Waals surface area contributed by atoms with Gasteiger partial charge in [0.05, 0.1) is 23.6 Å². The number of nitrogens with one attached hydrogen (secondary N) is 2.